The number of nitrogens with zero attached hydrogens (tertiary/aromatic N) is 2. The van der Waals surface area contributed by atoms with E-state index in [2.05, 4.69) is 9.98 Å². The minimum atomic E-state index is -0.615. The highest BCUT2D eigenvalue weighted by atomic mass is 16.3. The molecular weight excluding hydrogens is 220 g/mol. The van der Waals surface area contributed by atoms with E-state index in [-0.39, 0.29) is 19.0 Å². The molecule has 0 bridgehead atoms. The second-order valence-electron chi connectivity index (χ2n) is 4.52. The lowest BCUT2D eigenvalue weighted by Gasteiger charge is -2.16. The molecule has 5 heteroatoms. The number of aromatic nitrogens is 1. The van der Waals surface area contributed by atoms with E-state index >= 15 is 0 Å². The number of aromatic hydroxyl groups is 1. The van der Waals surface area contributed by atoms with Crippen LogP contribution >= 0.6 is 0 Å². The Morgan fingerprint density at radius 3 is 2.59 bits per heavy atom. The van der Waals surface area contributed by atoms with Crippen LogP contribution in [0.3, 0.4) is 0 Å². The Bertz CT molecular complexity index is 428. The van der Waals surface area contributed by atoms with Gasteiger partial charge in [0.25, 0.3) is 0 Å². The fourth-order valence-corrected chi connectivity index (χ4v) is 1.20. The van der Waals surface area contributed by atoms with Gasteiger partial charge in [-0.15, -0.1) is 0 Å². The van der Waals surface area contributed by atoms with Crippen molar-refractivity contribution in [1.82, 2.24) is 4.98 Å². The molecule has 0 atom stereocenters. The van der Waals surface area contributed by atoms with E-state index in [0.29, 0.717) is 16.8 Å². The van der Waals surface area contributed by atoms with E-state index in [1.807, 2.05) is 0 Å². The first-order valence-electron chi connectivity index (χ1n) is 5.35. The van der Waals surface area contributed by atoms with Crippen LogP contribution in [0.25, 0.3) is 0 Å². The number of aliphatic imine (C=N–C) groups is 1. The average Bonchev–Trinajstić information content (AvgIpc) is 2.31. The quantitative estimate of drug-likeness (QED) is 0.676. The maximum Gasteiger partial charge on any atom is 0.145 e. The summed E-state index contributed by atoms with van der Waals surface area (Å²) in [5, 5.41) is 28.1. The zero-order chi connectivity index (χ0) is 13.1. The molecule has 0 fully saturated rings. The molecule has 1 aromatic heterocycles. The van der Waals surface area contributed by atoms with Gasteiger partial charge in [0.15, 0.2) is 0 Å². The topological polar surface area (TPSA) is 85.9 Å². The summed E-state index contributed by atoms with van der Waals surface area (Å²) in [4.78, 5) is 8.14. The Labute approximate surface area is 100 Å². The van der Waals surface area contributed by atoms with Crippen LogP contribution in [0, 0.1) is 6.92 Å². The van der Waals surface area contributed by atoms with Gasteiger partial charge in [0.05, 0.1) is 24.4 Å². The van der Waals surface area contributed by atoms with Crippen molar-refractivity contribution >= 4 is 6.21 Å². The molecule has 0 radical (unpaired) electrons. The normalized spacial score (nSPS) is 12.3. The summed E-state index contributed by atoms with van der Waals surface area (Å²) in [6.45, 7) is 4.90. The summed E-state index contributed by atoms with van der Waals surface area (Å²) < 4.78 is 0. The predicted molar refractivity (Wildman–Crippen MR) is 65.3 cm³/mol. The summed E-state index contributed by atoms with van der Waals surface area (Å²) in [5.41, 5.74) is 0.814. The van der Waals surface area contributed by atoms with Crippen LogP contribution in [0.4, 0.5) is 0 Å². The number of aliphatic hydroxyl groups excluding tert-OH is 2. The van der Waals surface area contributed by atoms with Crippen LogP contribution in [0.2, 0.25) is 0 Å². The molecule has 0 aliphatic rings. The van der Waals surface area contributed by atoms with Gasteiger partial charge in [-0.25, -0.2) is 0 Å². The van der Waals surface area contributed by atoms with Gasteiger partial charge in [-0.3, -0.25) is 9.98 Å². The fourth-order valence-electron chi connectivity index (χ4n) is 1.20. The lowest BCUT2D eigenvalue weighted by Crippen LogP contribution is -2.22. The molecule has 3 N–H and O–H groups in total. The maximum absolute atomic E-state index is 9.85. The molecule has 0 aliphatic carbocycles. The second kappa shape index (κ2) is 5.25. The minimum absolute atomic E-state index is 0.00837. The lowest BCUT2D eigenvalue weighted by atomic mass is 10.1. The van der Waals surface area contributed by atoms with Crippen molar-refractivity contribution in [1.29, 1.82) is 0 Å². The highest BCUT2D eigenvalue weighted by Crippen LogP contribution is 2.22. The smallest absolute Gasteiger partial charge is 0.145 e. The SMILES string of the molecule is Cc1ncc(CO)c(C=NC(C)(C)CO)c1O. The molecule has 1 aromatic rings. The third-order valence-corrected chi connectivity index (χ3v) is 2.46. The van der Waals surface area contributed by atoms with Crippen molar-refractivity contribution in [3.63, 3.8) is 0 Å². The predicted octanol–water partition coefficient (Wildman–Crippen LogP) is 0.778. The largest absolute Gasteiger partial charge is 0.505 e. The van der Waals surface area contributed by atoms with Gasteiger partial charge in [-0.05, 0) is 20.8 Å². The number of aliphatic hydroxyl groups is 2. The van der Waals surface area contributed by atoms with Crippen LogP contribution in [0.15, 0.2) is 11.2 Å². The molecule has 0 unspecified atom stereocenters. The summed E-state index contributed by atoms with van der Waals surface area (Å²) in [5.74, 6) is 0.00837. The van der Waals surface area contributed by atoms with Crippen molar-refractivity contribution in [2.75, 3.05) is 6.61 Å². The van der Waals surface area contributed by atoms with Crippen molar-refractivity contribution in [2.45, 2.75) is 32.9 Å². The molecule has 0 aromatic carbocycles. The van der Waals surface area contributed by atoms with Crippen LogP contribution in [-0.2, 0) is 6.61 Å². The van der Waals surface area contributed by atoms with Crippen molar-refractivity contribution < 1.29 is 15.3 Å². The molecule has 0 aliphatic heterocycles. The number of aryl methyl sites for hydroxylation is 1. The molecule has 17 heavy (non-hydrogen) atoms. The molecule has 0 saturated carbocycles. The number of pyridine rings is 1. The average molecular weight is 238 g/mol. The Morgan fingerprint density at radius 2 is 2.06 bits per heavy atom. The number of hydrogen-bond donors (Lipinski definition) is 3. The van der Waals surface area contributed by atoms with Gasteiger partial charge in [-0.2, -0.15) is 0 Å². The third kappa shape index (κ3) is 3.25. The molecule has 0 amide bonds. The Morgan fingerprint density at radius 1 is 1.41 bits per heavy atom. The van der Waals surface area contributed by atoms with Gasteiger partial charge < -0.3 is 15.3 Å². The van der Waals surface area contributed by atoms with Crippen LogP contribution in [0.5, 0.6) is 5.75 Å². The summed E-state index contributed by atoms with van der Waals surface area (Å²) >= 11 is 0. The molecule has 1 rings (SSSR count). The highest BCUT2D eigenvalue weighted by Gasteiger charge is 2.15. The molecule has 0 saturated heterocycles. The fraction of sp³-hybridized carbons (Fsp3) is 0.500. The summed E-state index contributed by atoms with van der Waals surface area (Å²) in [7, 11) is 0. The molecule has 1 heterocycles. The van der Waals surface area contributed by atoms with Gasteiger partial charge >= 0.3 is 0 Å². The number of hydrogen-bond acceptors (Lipinski definition) is 5. The molecule has 0 spiro atoms. The van der Waals surface area contributed by atoms with Gasteiger partial charge in [-0.1, -0.05) is 0 Å². The first-order chi connectivity index (χ1) is 7.91. The highest BCUT2D eigenvalue weighted by molar-refractivity contribution is 5.86. The Kier molecular flexibility index (Phi) is 4.20. The van der Waals surface area contributed by atoms with E-state index in [1.165, 1.54) is 12.4 Å². The maximum atomic E-state index is 9.85. The van der Waals surface area contributed by atoms with Crippen LogP contribution < -0.4 is 0 Å². The van der Waals surface area contributed by atoms with E-state index < -0.39 is 5.54 Å². The van der Waals surface area contributed by atoms with Crippen LogP contribution in [-0.4, -0.2) is 38.7 Å². The zero-order valence-electron chi connectivity index (χ0n) is 10.3. The van der Waals surface area contributed by atoms with E-state index in [1.54, 1.807) is 20.8 Å². The van der Waals surface area contributed by atoms with Crippen LogP contribution in [0.1, 0.15) is 30.7 Å². The van der Waals surface area contributed by atoms with Crippen molar-refractivity contribution in [3.8, 4) is 5.75 Å². The molecule has 94 valence electrons. The number of rotatable bonds is 4. The molecule has 5 nitrogen and oxygen atoms in total. The minimum Gasteiger partial charge on any atom is -0.505 e. The monoisotopic (exact) mass is 238 g/mol. The third-order valence-electron chi connectivity index (χ3n) is 2.46. The second-order valence-corrected chi connectivity index (χ2v) is 4.52. The Hall–Kier alpha value is -1.46. The molecular formula is C12H18N2O3. The Balaban J connectivity index is 3.17. The lowest BCUT2D eigenvalue weighted by molar-refractivity contribution is 0.223. The first kappa shape index (κ1) is 13.6. The van der Waals surface area contributed by atoms with E-state index in [9.17, 15) is 5.11 Å². The summed E-state index contributed by atoms with van der Waals surface area (Å²) in [6.07, 6.45) is 2.97. The summed E-state index contributed by atoms with van der Waals surface area (Å²) in [6, 6.07) is 0. The van der Waals surface area contributed by atoms with Gasteiger partial charge in [0, 0.05) is 23.5 Å². The van der Waals surface area contributed by atoms with E-state index in [4.69, 9.17) is 10.2 Å². The van der Waals surface area contributed by atoms with Crippen molar-refractivity contribution in [3.05, 3.63) is 23.0 Å². The van der Waals surface area contributed by atoms with Gasteiger partial charge in [0.1, 0.15) is 5.75 Å². The van der Waals surface area contributed by atoms with Crippen molar-refractivity contribution in [2.24, 2.45) is 4.99 Å². The zero-order valence-corrected chi connectivity index (χ0v) is 10.3. The first-order valence-corrected chi connectivity index (χ1v) is 5.35. The standard InChI is InChI=1S/C12H18N2O3/c1-8-11(17)10(9(6-15)4-13-8)5-14-12(2,3)7-16/h4-5,15-17H,6-7H2,1-3H3. The van der Waals surface area contributed by atoms with E-state index in [0.717, 1.165) is 0 Å². The van der Waals surface area contributed by atoms with Gasteiger partial charge in [0.2, 0.25) is 0 Å².